The number of furan rings is 1. The number of benzene rings is 1. The zero-order valence-corrected chi connectivity index (χ0v) is 11.7. The van der Waals surface area contributed by atoms with Gasteiger partial charge < -0.3 is 4.42 Å². The summed E-state index contributed by atoms with van der Waals surface area (Å²) in [6, 6.07) is 9.03. The smallest absolute Gasteiger partial charge is 0.328 e. The normalized spacial score (nSPS) is 17.0. The van der Waals surface area contributed by atoms with Crippen LogP contribution in [0.2, 0.25) is 0 Å². The van der Waals surface area contributed by atoms with E-state index >= 15 is 0 Å². The summed E-state index contributed by atoms with van der Waals surface area (Å²) in [6.45, 7) is 0. The van der Waals surface area contributed by atoms with E-state index in [9.17, 15) is 9.59 Å². The number of para-hydroxylation sites is 1. The highest BCUT2D eigenvalue weighted by atomic mass is 16.3. The number of urea groups is 1. The average molecular weight is 293 g/mol. The van der Waals surface area contributed by atoms with Crippen LogP contribution in [0.3, 0.4) is 0 Å². The summed E-state index contributed by atoms with van der Waals surface area (Å²) in [5.74, 6) is 0.0655. The number of carbonyl (C=O) groups is 2. The molecule has 4 rings (SSSR count). The lowest BCUT2D eigenvalue weighted by molar-refractivity contribution is -0.115. The summed E-state index contributed by atoms with van der Waals surface area (Å²) in [5.41, 5.74) is 1.81. The second kappa shape index (κ2) is 4.42. The van der Waals surface area contributed by atoms with Gasteiger partial charge in [0.25, 0.3) is 5.91 Å². The zero-order chi connectivity index (χ0) is 15.3. The van der Waals surface area contributed by atoms with E-state index < -0.39 is 11.9 Å². The molecule has 1 fully saturated rings. The quantitative estimate of drug-likeness (QED) is 0.552. The lowest BCUT2D eigenvalue weighted by Crippen LogP contribution is -2.24. The Hall–Kier alpha value is -3.15. The molecule has 6 heteroatoms. The molecule has 0 atom stereocenters. The van der Waals surface area contributed by atoms with E-state index in [2.05, 4.69) is 10.3 Å². The minimum absolute atomic E-state index is 0.251. The Morgan fingerprint density at radius 2 is 2.09 bits per heavy atom. The maximum absolute atomic E-state index is 11.7. The van der Waals surface area contributed by atoms with Crippen LogP contribution in [0.25, 0.3) is 27.9 Å². The molecule has 1 aliphatic rings. The minimum Gasteiger partial charge on any atom is -0.456 e. The maximum Gasteiger partial charge on any atom is 0.328 e. The Morgan fingerprint density at radius 3 is 2.86 bits per heavy atom. The second-order valence-electron chi connectivity index (χ2n) is 5.06. The van der Waals surface area contributed by atoms with E-state index in [1.165, 1.54) is 11.9 Å². The van der Waals surface area contributed by atoms with Gasteiger partial charge >= 0.3 is 6.03 Å². The van der Waals surface area contributed by atoms with Crippen LogP contribution in [0.1, 0.15) is 5.76 Å². The van der Waals surface area contributed by atoms with E-state index in [-0.39, 0.29) is 5.70 Å². The number of carbonyl (C=O) groups excluding carboxylic acids is 2. The molecule has 0 unspecified atom stereocenters. The van der Waals surface area contributed by atoms with Crippen LogP contribution in [0, 0.1) is 0 Å². The third kappa shape index (κ3) is 1.77. The molecule has 22 heavy (non-hydrogen) atoms. The zero-order valence-electron chi connectivity index (χ0n) is 11.7. The van der Waals surface area contributed by atoms with Crippen molar-refractivity contribution in [3.05, 3.63) is 48.0 Å². The third-order valence-electron chi connectivity index (χ3n) is 3.67. The number of aromatic nitrogens is 1. The van der Waals surface area contributed by atoms with Crippen LogP contribution in [0.4, 0.5) is 4.79 Å². The van der Waals surface area contributed by atoms with Crippen LogP contribution in [0.15, 0.2) is 46.6 Å². The Morgan fingerprint density at radius 1 is 1.27 bits per heavy atom. The summed E-state index contributed by atoms with van der Waals surface area (Å²) in [6.07, 6.45) is 3.28. The van der Waals surface area contributed by atoms with Crippen molar-refractivity contribution in [1.29, 1.82) is 0 Å². The van der Waals surface area contributed by atoms with E-state index in [0.717, 1.165) is 16.3 Å². The lowest BCUT2D eigenvalue weighted by atomic mass is 10.2. The molecular formula is C16H11N3O3. The largest absolute Gasteiger partial charge is 0.456 e. The molecule has 3 aromatic rings. The van der Waals surface area contributed by atoms with Crippen LogP contribution in [-0.4, -0.2) is 28.9 Å². The predicted octanol–water partition coefficient (Wildman–Crippen LogP) is 2.50. The van der Waals surface area contributed by atoms with Crippen LogP contribution >= 0.6 is 0 Å². The highest BCUT2D eigenvalue weighted by Crippen LogP contribution is 2.28. The second-order valence-corrected chi connectivity index (χ2v) is 5.06. The molecule has 108 valence electrons. The van der Waals surface area contributed by atoms with Crippen LogP contribution in [0.5, 0.6) is 0 Å². The van der Waals surface area contributed by atoms with Crippen molar-refractivity contribution in [2.75, 3.05) is 7.05 Å². The van der Waals surface area contributed by atoms with Crippen molar-refractivity contribution in [3.63, 3.8) is 0 Å². The van der Waals surface area contributed by atoms with Crippen molar-refractivity contribution in [2.45, 2.75) is 0 Å². The van der Waals surface area contributed by atoms with Gasteiger partial charge in [0.05, 0.1) is 5.52 Å². The van der Waals surface area contributed by atoms with Gasteiger partial charge in [-0.1, -0.05) is 12.1 Å². The average Bonchev–Trinajstić information content (AvgIpc) is 3.04. The summed E-state index contributed by atoms with van der Waals surface area (Å²) in [4.78, 5) is 28.8. The maximum atomic E-state index is 11.7. The van der Waals surface area contributed by atoms with Crippen molar-refractivity contribution in [1.82, 2.24) is 15.2 Å². The first-order valence-corrected chi connectivity index (χ1v) is 6.71. The Bertz CT molecular complexity index is 971. The first kappa shape index (κ1) is 12.6. The van der Waals surface area contributed by atoms with Crippen molar-refractivity contribution in [2.24, 2.45) is 0 Å². The van der Waals surface area contributed by atoms with Gasteiger partial charge in [0, 0.05) is 30.1 Å². The first-order valence-electron chi connectivity index (χ1n) is 6.71. The number of nitrogens with one attached hydrogen (secondary N) is 1. The number of hydrogen-bond acceptors (Lipinski definition) is 4. The number of rotatable bonds is 1. The molecule has 2 aromatic heterocycles. The van der Waals surface area contributed by atoms with Gasteiger partial charge in [-0.05, 0) is 18.2 Å². The summed E-state index contributed by atoms with van der Waals surface area (Å²) < 4.78 is 5.84. The Balaban J connectivity index is 1.88. The molecule has 0 bridgehead atoms. The van der Waals surface area contributed by atoms with Gasteiger partial charge in [-0.2, -0.15) is 0 Å². The molecule has 0 saturated carbocycles. The fourth-order valence-corrected chi connectivity index (χ4v) is 2.52. The number of likely N-dealkylation sites (N-methyl/N-ethyl adjacent to an activating group) is 1. The molecule has 0 radical (unpaired) electrons. The number of amides is 3. The van der Waals surface area contributed by atoms with E-state index in [0.29, 0.717) is 11.3 Å². The Kier molecular flexibility index (Phi) is 2.53. The number of hydrogen-bond donors (Lipinski definition) is 1. The number of nitrogens with zero attached hydrogens (tertiary/aromatic N) is 2. The van der Waals surface area contributed by atoms with Crippen molar-refractivity contribution < 1.29 is 14.0 Å². The minimum atomic E-state index is -0.445. The van der Waals surface area contributed by atoms with Gasteiger partial charge in [-0.25, -0.2) is 4.79 Å². The van der Waals surface area contributed by atoms with E-state index in [1.54, 1.807) is 18.3 Å². The molecule has 1 N–H and O–H groups in total. The fourth-order valence-electron chi connectivity index (χ4n) is 2.52. The van der Waals surface area contributed by atoms with E-state index in [4.69, 9.17) is 4.42 Å². The van der Waals surface area contributed by atoms with E-state index in [1.807, 2.05) is 24.3 Å². The SMILES string of the molecule is CN1C(=O)NC(=O)/C1=C/c1cc2cnc3ccccc3c2o1. The third-order valence-corrected chi connectivity index (χ3v) is 3.67. The van der Waals surface area contributed by atoms with Crippen molar-refractivity contribution in [3.8, 4) is 0 Å². The number of pyridine rings is 1. The molecule has 6 nitrogen and oxygen atoms in total. The van der Waals surface area contributed by atoms with Crippen LogP contribution < -0.4 is 5.32 Å². The van der Waals surface area contributed by atoms with Gasteiger partial charge in [0.2, 0.25) is 0 Å². The van der Waals surface area contributed by atoms with Crippen LogP contribution in [-0.2, 0) is 4.79 Å². The van der Waals surface area contributed by atoms with Gasteiger partial charge in [0.1, 0.15) is 17.0 Å². The monoisotopic (exact) mass is 293 g/mol. The topological polar surface area (TPSA) is 75.4 Å². The van der Waals surface area contributed by atoms with Gasteiger partial charge in [-0.15, -0.1) is 0 Å². The summed E-state index contributed by atoms with van der Waals surface area (Å²) in [5, 5.41) is 3.98. The molecular weight excluding hydrogens is 282 g/mol. The van der Waals surface area contributed by atoms with Gasteiger partial charge in [-0.3, -0.25) is 20.0 Å². The fraction of sp³-hybridized carbons (Fsp3) is 0.0625. The molecule has 1 aromatic carbocycles. The number of fused-ring (bicyclic) bond motifs is 3. The molecule has 3 heterocycles. The standard InChI is InChI=1S/C16H11N3O3/c1-19-13(15(20)18-16(19)21)7-10-6-9-8-17-12-5-3-2-4-11(12)14(9)22-10/h2-8H,1H3,(H,18,20,21)/b13-7-. The molecule has 1 saturated heterocycles. The van der Waals surface area contributed by atoms with Gasteiger partial charge in [0.15, 0.2) is 0 Å². The summed E-state index contributed by atoms with van der Waals surface area (Å²) in [7, 11) is 1.53. The van der Waals surface area contributed by atoms with Crippen molar-refractivity contribution >= 4 is 39.9 Å². The first-order chi connectivity index (χ1) is 10.6. The Labute approximate surface area is 125 Å². The molecule has 0 aliphatic carbocycles. The predicted molar refractivity (Wildman–Crippen MR) is 80.8 cm³/mol. The highest BCUT2D eigenvalue weighted by Gasteiger charge is 2.30. The lowest BCUT2D eigenvalue weighted by Gasteiger charge is -2.05. The highest BCUT2D eigenvalue weighted by molar-refractivity contribution is 6.14. The molecule has 0 spiro atoms. The molecule has 3 amide bonds. The molecule has 1 aliphatic heterocycles. The number of imide groups is 1. The summed E-state index contributed by atoms with van der Waals surface area (Å²) >= 11 is 0.